The van der Waals surface area contributed by atoms with Crippen molar-refractivity contribution in [3.05, 3.63) is 425 Å². The van der Waals surface area contributed by atoms with Gasteiger partial charge in [0, 0.05) is 88.5 Å². The second-order valence-corrected chi connectivity index (χ2v) is 30.3. The van der Waals surface area contributed by atoms with Gasteiger partial charge in [-0.2, -0.15) is 0 Å². The van der Waals surface area contributed by atoms with E-state index in [4.69, 9.17) is 8.83 Å². The Morgan fingerprint density at radius 1 is 0.172 bits per heavy atom. The number of rotatable bonds is 14. The van der Waals surface area contributed by atoms with Crippen LogP contribution in [-0.2, 0) is 0 Å². The molecule has 0 aliphatic rings. The van der Waals surface area contributed by atoms with Crippen molar-refractivity contribution in [1.82, 2.24) is 9.13 Å². The van der Waals surface area contributed by atoms with Gasteiger partial charge in [0.15, 0.2) is 0 Å². The number of benzene rings is 19. The number of hydrogen-bond donors (Lipinski definition) is 0. The molecule has 19 aromatic carbocycles. The molecular formula is C110H70N4O2. The molecule has 0 aliphatic heterocycles. The highest BCUT2D eigenvalue weighted by atomic mass is 16.3. The lowest BCUT2D eigenvalue weighted by molar-refractivity contribution is 0.668. The third-order valence-electron chi connectivity index (χ3n) is 23.7. The van der Waals surface area contributed by atoms with E-state index in [0.717, 1.165) is 150 Å². The summed E-state index contributed by atoms with van der Waals surface area (Å²) in [5, 5.41) is 14.1. The summed E-state index contributed by atoms with van der Waals surface area (Å²) in [6.45, 7) is 0. The number of furan rings is 2. The molecule has 0 aliphatic carbocycles. The molecule has 4 heterocycles. The number of nitrogens with zero attached hydrogens (tertiary/aromatic N) is 4. The SMILES string of the molecule is c1ccc(-c2ccc(-c3ccccc3N(c3ccc(-c4ccc5c(c4)oc4ccccc45)cc3)c3cccc(-n4c5ccccc5c5cc(-c6cc7cc(-c8ccc(N(c9ccc(-c%10ccc%11c(c%10)oc%10ccccc%10%11)cc9)c9cccc(-n%10c%11ccccc%11c%11ccccc%11%10)c9)cc8)ccc7c7ccccc67)ccc54)c3)cc2)cc1. The summed E-state index contributed by atoms with van der Waals surface area (Å²) in [6.07, 6.45) is 0. The van der Waals surface area contributed by atoms with E-state index >= 15 is 0 Å². The van der Waals surface area contributed by atoms with Gasteiger partial charge in [0.2, 0.25) is 0 Å². The van der Waals surface area contributed by atoms with Crippen LogP contribution < -0.4 is 9.80 Å². The highest BCUT2D eigenvalue weighted by molar-refractivity contribution is 6.17. The predicted molar refractivity (Wildman–Crippen MR) is 487 cm³/mol. The van der Waals surface area contributed by atoms with Crippen molar-refractivity contribution in [2.45, 2.75) is 0 Å². The van der Waals surface area contributed by atoms with Crippen LogP contribution in [0.4, 0.5) is 34.1 Å². The molecule has 6 heteroatoms. The van der Waals surface area contributed by atoms with E-state index in [1.165, 1.54) is 70.8 Å². The van der Waals surface area contributed by atoms with Crippen LogP contribution in [0.25, 0.3) is 187 Å². The number of para-hydroxylation sites is 6. The van der Waals surface area contributed by atoms with Crippen LogP contribution in [0.2, 0.25) is 0 Å². The number of anilines is 6. The summed E-state index contributed by atoms with van der Waals surface area (Å²) in [7, 11) is 0. The molecule has 0 fully saturated rings. The Kier molecular flexibility index (Phi) is 15.5. The van der Waals surface area contributed by atoms with Crippen molar-refractivity contribution < 1.29 is 8.83 Å². The van der Waals surface area contributed by atoms with Gasteiger partial charge in [-0.3, -0.25) is 0 Å². The van der Waals surface area contributed by atoms with Gasteiger partial charge in [-0.15, -0.1) is 0 Å². The molecule has 23 aromatic rings. The Labute approximate surface area is 669 Å². The van der Waals surface area contributed by atoms with E-state index in [1.807, 2.05) is 24.3 Å². The molecule has 542 valence electrons. The molecule has 0 saturated heterocycles. The standard InChI is InChI=1S/C110H70N4O2/c1-2-20-71(21-3-1)72-40-42-76(43-41-72)90-26-6-12-34-102(90)112(84-58-48-75(49-59-84)79-52-62-99-97-33-11-17-39-108(97)116-110(99)68-79)86-23-19-25-88(70-86)114-105-37-15-9-31-95(105)101-65-80(53-63-106(101)114)100-66-81-64-77(50-60-89(81)91-27-4-5-28-92(91)100)73-44-54-82(55-45-73)111(83-56-46-74(47-57-83)78-51-61-98-96-32-10-16-38-107(96)115-109(98)67-78)85-22-18-24-87(69-85)113-103-35-13-7-29-93(103)94-30-8-14-36-104(94)113/h1-70H. The number of aromatic nitrogens is 2. The van der Waals surface area contributed by atoms with Gasteiger partial charge in [0.05, 0.1) is 27.8 Å². The van der Waals surface area contributed by atoms with Crippen LogP contribution in [0, 0.1) is 0 Å². The van der Waals surface area contributed by atoms with Gasteiger partial charge in [-0.1, -0.05) is 267 Å². The largest absolute Gasteiger partial charge is 0.456 e. The fourth-order valence-corrected chi connectivity index (χ4v) is 18.2. The van der Waals surface area contributed by atoms with Crippen molar-refractivity contribution in [3.63, 3.8) is 0 Å². The summed E-state index contributed by atoms with van der Waals surface area (Å²) in [5.74, 6) is 0. The maximum Gasteiger partial charge on any atom is 0.136 e. The maximum atomic E-state index is 6.40. The third-order valence-corrected chi connectivity index (χ3v) is 23.7. The highest BCUT2D eigenvalue weighted by Crippen LogP contribution is 2.47. The lowest BCUT2D eigenvalue weighted by Crippen LogP contribution is -2.11. The predicted octanol–water partition coefficient (Wildman–Crippen LogP) is 30.9. The fraction of sp³-hybridized carbons (Fsp3) is 0. The van der Waals surface area contributed by atoms with Gasteiger partial charge >= 0.3 is 0 Å². The molecule has 6 nitrogen and oxygen atoms in total. The normalized spacial score (nSPS) is 11.8. The molecule has 0 N–H and O–H groups in total. The summed E-state index contributed by atoms with van der Waals surface area (Å²) in [6, 6.07) is 155. The number of fused-ring (bicyclic) bond motifs is 15. The molecule has 0 unspecified atom stereocenters. The Morgan fingerprint density at radius 2 is 0.552 bits per heavy atom. The van der Waals surface area contributed by atoms with E-state index in [2.05, 4.69) is 419 Å². The van der Waals surface area contributed by atoms with Gasteiger partial charge in [-0.25, -0.2) is 0 Å². The second-order valence-electron chi connectivity index (χ2n) is 30.3. The molecule has 0 amide bonds. The monoisotopic (exact) mass is 1480 g/mol. The molecule has 23 rings (SSSR count). The van der Waals surface area contributed by atoms with Gasteiger partial charge in [-0.05, 0) is 240 Å². The fourth-order valence-electron chi connectivity index (χ4n) is 18.2. The first-order valence-electron chi connectivity index (χ1n) is 39.7. The van der Waals surface area contributed by atoms with E-state index in [1.54, 1.807) is 0 Å². The summed E-state index contributed by atoms with van der Waals surface area (Å²) in [5.41, 5.74) is 30.2. The topological polar surface area (TPSA) is 42.6 Å². The average Bonchev–Trinajstić information content (AvgIpc) is 1.50. The first-order valence-corrected chi connectivity index (χ1v) is 39.7. The zero-order chi connectivity index (χ0) is 76.3. The quantitative estimate of drug-likeness (QED) is 0.102. The first kappa shape index (κ1) is 66.3. The lowest BCUT2D eigenvalue weighted by atomic mass is 9.91. The second kappa shape index (κ2) is 27.2. The minimum Gasteiger partial charge on any atom is -0.456 e. The lowest BCUT2D eigenvalue weighted by Gasteiger charge is -2.28. The zero-order valence-corrected chi connectivity index (χ0v) is 63.0. The molecule has 0 atom stereocenters. The molecule has 0 radical (unpaired) electrons. The Balaban J connectivity index is 0.604. The van der Waals surface area contributed by atoms with Crippen LogP contribution in [0.15, 0.2) is 433 Å². The molecule has 0 spiro atoms. The Bertz CT molecular complexity index is 7770. The molecule has 0 bridgehead atoms. The zero-order valence-electron chi connectivity index (χ0n) is 63.0. The third kappa shape index (κ3) is 11.2. The molecule has 0 saturated carbocycles. The van der Waals surface area contributed by atoms with Crippen LogP contribution in [0.3, 0.4) is 0 Å². The minimum absolute atomic E-state index is 0.879. The Morgan fingerprint density at radius 3 is 1.11 bits per heavy atom. The highest BCUT2D eigenvalue weighted by Gasteiger charge is 2.24. The summed E-state index contributed by atoms with van der Waals surface area (Å²) < 4.78 is 17.6. The first-order chi connectivity index (χ1) is 57.5. The number of hydrogen-bond acceptors (Lipinski definition) is 4. The van der Waals surface area contributed by atoms with E-state index in [0.29, 0.717) is 0 Å². The molecular weight excluding hydrogens is 1410 g/mol. The van der Waals surface area contributed by atoms with Crippen LogP contribution in [-0.4, -0.2) is 9.13 Å². The van der Waals surface area contributed by atoms with Crippen molar-refractivity contribution in [3.8, 4) is 78.1 Å². The molecule has 4 aromatic heterocycles. The molecule has 116 heavy (non-hydrogen) atoms. The minimum atomic E-state index is 0.879. The van der Waals surface area contributed by atoms with Gasteiger partial charge in [0.25, 0.3) is 0 Å². The van der Waals surface area contributed by atoms with Crippen LogP contribution in [0.1, 0.15) is 0 Å². The smallest absolute Gasteiger partial charge is 0.136 e. The van der Waals surface area contributed by atoms with E-state index < -0.39 is 0 Å². The van der Waals surface area contributed by atoms with E-state index in [-0.39, 0.29) is 0 Å². The van der Waals surface area contributed by atoms with Crippen molar-refractivity contribution >= 4 is 143 Å². The Hall–Kier alpha value is -15.5. The van der Waals surface area contributed by atoms with Crippen molar-refractivity contribution in [2.24, 2.45) is 0 Å². The van der Waals surface area contributed by atoms with Crippen LogP contribution >= 0.6 is 0 Å². The summed E-state index contributed by atoms with van der Waals surface area (Å²) in [4.78, 5) is 4.80. The van der Waals surface area contributed by atoms with Gasteiger partial charge in [0.1, 0.15) is 22.3 Å². The van der Waals surface area contributed by atoms with Crippen molar-refractivity contribution in [2.75, 3.05) is 9.80 Å². The van der Waals surface area contributed by atoms with Crippen molar-refractivity contribution in [1.29, 1.82) is 0 Å². The van der Waals surface area contributed by atoms with E-state index in [9.17, 15) is 0 Å². The maximum absolute atomic E-state index is 6.40. The van der Waals surface area contributed by atoms with Crippen LogP contribution in [0.5, 0.6) is 0 Å². The van der Waals surface area contributed by atoms with Gasteiger partial charge < -0.3 is 27.8 Å². The summed E-state index contributed by atoms with van der Waals surface area (Å²) >= 11 is 0. The average molecular weight is 1480 g/mol.